The molecule has 2 N–H and O–H groups in total. The van der Waals surface area contributed by atoms with Gasteiger partial charge in [-0.05, 0) is 55.2 Å². The number of aromatic carboxylic acids is 1. The maximum absolute atomic E-state index is 12.5. The molecule has 1 saturated heterocycles. The Kier molecular flexibility index (Phi) is 5.26. The van der Waals surface area contributed by atoms with E-state index < -0.39 is 5.97 Å². The van der Waals surface area contributed by atoms with Crippen LogP contribution in [0.3, 0.4) is 0 Å². The Morgan fingerprint density at radius 1 is 1.11 bits per heavy atom. The van der Waals surface area contributed by atoms with Crippen molar-refractivity contribution < 1.29 is 19.5 Å². The van der Waals surface area contributed by atoms with Gasteiger partial charge >= 0.3 is 5.97 Å². The van der Waals surface area contributed by atoms with Gasteiger partial charge in [0.25, 0.3) is 5.91 Å². The number of likely N-dealkylation sites (tertiary alicyclic amines) is 1. The first kappa shape index (κ1) is 18.6. The van der Waals surface area contributed by atoms with Crippen LogP contribution < -0.4 is 5.32 Å². The Labute approximate surface area is 157 Å². The lowest BCUT2D eigenvalue weighted by Gasteiger charge is -2.16. The van der Waals surface area contributed by atoms with E-state index in [0.29, 0.717) is 29.8 Å². The highest BCUT2D eigenvalue weighted by molar-refractivity contribution is 6.05. The van der Waals surface area contributed by atoms with E-state index in [1.54, 1.807) is 25.1 Å². The van der Waals surface area contributed by atoms with Gasteiger partial charge in [-0.15, -0.1) is 0 Å². The van der Waals surface area contributed by atoms with Crippen LogP contribution in [0.15, 0.2) is 36.4 Å². The van der Waals surface area contributed by atoms with Crippen LogP contribution in [-0.2, 0) is 11.3 Å². The number of carbonyl (C=O) groups excluding carboxylic acids is 2. The summed E-state index contributed by atoms with van der Waals surface area (Å²) in [5.74, 6) is -1.16. The maximum atomic E-state index is 12.5. The molecule has 6 heteroatoms. The highest BCUT2D eigenvalue weighted by atomic mass is 16.4. The number of amides is 2. The van der Waals surface area contributed by atoms with Crippen LogP contribution in [0.4, 0.5) is 5.69 Å². The van der Waals surface area contributed by atoms with Gasteiger partial charge in [0.05, 0.1) is 5.56 Å². The van der Waals surface area contributed by atoms with Crippen LogP contribution in [0, 0.1) is 13.8 Å². The van der Waals surface area contributed by atoms with E-state index in [1.165, 1.54) is 6.07 Å². The van der Waals surface area contributed by atoms with E-state index in [4.69, 9.17) is 0 Å². The topological polar surface area (TPSA) is 86.7 Å². The lowest BCUT2D eigenvalue weighted by Crippen LogP contribution is -2.23. The van der Waals surface area contributed by atoms with Gasteiger partial charge in [0.2, 0.25) is 5.91 Å². The van der Waals surface area contributed by atoms with E-state index in [9.17, 15) is 19.5 Å². The second kappa shape index (κ2) is 7.61. The molecular formula is C21H22N2O4. The van der Waals surface area contributed by atoms with Crippen LogP contribution in [0.2, 0.25) is 0 Å². The van der Waals surface area contributed by atoms with Gasteiger partial charge in [-0.1, -0.05) is 18.2 Å². The van der Waals surface area contributed by atoms with E-state index in [0.717, 1.165) is 24.1 Å². The molecule has 0 aromatic heterocycles. The summed E-state index contributed by atoms with van der Waals surface area (Å²) in [7, 11) is 0. The van der Waals surface area contributed by atoms with Crippen LogP contribution >= 0.6 is 0 Å². The number of nitrogens with one attached hydrogen (secondary N) is 1. The minimum atomic E-state index is -1.02. The number of nitrogens with zero attached hydrogens (tertiary/aromatic N) is 1. The van der Waals surface area contributed by atoms with Crippen molar-refractivity contribution in [3.8, 4) is 0 Å². The van der Waals surface area contributed by atoms with Gasteiger partial charge in [-0.3, -0.25) is 9.59 Å². The van der Waals surface area contributed by atoms with Gasteiger partial charge in [0.1, 0.15) is 0 Å². The lowest BCUT2D eigenvalue weighted by atomic mass is 10.0. The predicted molar refractivity (Wildman–Crippen MR) is 102 cm³/mol. The summed E-state index contributed by atoms with van der Waals surface area (Å²) in [5, 5.41) is 12.0. The number of benzene rings is 2. The van der Waals surface area contributed by atoms with Gasteiger partial charge in [0.15, 0.2) is 0 Å². The summed E-state index contributed by atoms with van der Waals surface area (Å²) in [6.45, 7) is 4.88. The molecule has 0 radical (unpaired) electrons. The van der Waals surface area contributed by atoms with Crippen molar-refractivity contribution in [1.82, 2.24) is 4.90 Å². The molecule has 0 spiro atoms. The van der Waals surface area contributed by atoms with Crippen molar-refractivity contribution in [3.05, 3.63) is 64.2 Å². The third kappa shape index (κ3) is 4.16. The standard InChI is InChI=1S/C21H22N2O4/c1-13-10-14(2)18(11-17(13)21(26)27)22-20(25)16-7-5-15(6-8-16)12-23-9-3-4-19(23)24/h5-8,10-11H,3-4,9,12H2,1-2H3,(H,22,25)(H,26,27). The Morgan fingerprint density at radius 3 is 2.41 bits per heavy atom. The number of carboxylic acids is 1. The third-order valence-electron chi connectivity index (χ3n) is 4.81. The summed E-state index contributed by atoms with van der Waals surface area (Å²) in [5.41, 5.74) is 3.55. The molecule has 0 bridgehead atoms. The highest BCUT2D eigenvalue weighted by Crippen LogP contribution is 2.22. The largest absolute Gasteiger partial charge is 0.478 e. The molecule has 0 unspecified atom stereocenters. The molecule has 1 heterocycles. The van der Waals surface area contributed by atoms with E-state index in [-0.39, 0.29) is 17.4 Å². The molecule has 1 aliphatic heterocycles. The summed E-state index contributed by atoms with van der Waals surface area (Å²) in [6.07, 6.45) is 1.50. The molecule has 140 valence electrons. The van der Waals surface area contributed by atoms with Gasteiger partial charge < -0.3 is 15.3 Å². The molecule has 2 aromatic rings. The quantitative estimate of drug-likeness (QED) is 0.849. The fourth-order valence-corrected chi connectivity index (χ4v) is 3.26. The SMILES string of the molecule is Cc1cc(C)c(C(=O)O)cc1NC(=O)c1ccc(CN2CCCC2=O)cc1. The molecule has 2 aromatic carbocycles. The molecule has 6 nitrogen and oxygen atoms in total. The zero-order valence-corrected chi connectivity index (χ0v) is 15.4. The molecule has 1 fully saturated rings. The van der Waals surface area contributed by atoms with Crippen LogP contribution in [-0.4, -0.2) is 34.3 Å². The molecule has 2 amide bonds. The summed E-state index contributed by atoms with van der Waals surface area (Å²) >= 11 is 0. The van der Waals surface area contributed by atoms with Crippen LogP contribution in [0.1, 0.15) is 50.2 Å². The predicted octanol–water partition coefficient (Wildman–Crippen LogP) is 3.38. The van der Waals surface area contributed by atoms with Crippen LogP contribution in [0.25, 0.3) is 0 Å². The number of aryl methyl sites for hydroxylation is 2. The number of hydrogen-bond donors (Lipinski definition) is 2. The summed E-state index contributed by atoms with van der Waals surface area (Å²) in [6, 6.07) is 10.3. The first-order valence-corrected chi connectivity index (χ1v) is 8.88. The van der Waals surface area contributed by atoms with Gasteiger partial charge in [-0.2, -0.15) is 0 Å². The Morgan fingerprint density at radius 2 is 1.81 bits per heavy atom. The van der Waals surface area contributed by atoms with Crippen LogP contribution in [0.5, 0.6) is 0 Å². The molecule has 0 saturated carbocycles. The molecule has 3 rings (SSSR count). The molecule has 27 heavy (non-hydrogen) atoms. The van der Waals surface area contributed by atoms with E-state index in [2.05, 4.69) is 5.32 Å². The maximum Gasteiger partial charge on any atom is 0.336 e. The second-order valence-electron chi connectivity index (χ2n) is 6.86. The zero-order chi connectivity index (χ0) is 19.6. The smallest absolute Gasteiger partial charge is 0.336 e. The highest BCUT2D eigenvalue weighted by Gasteiger charge is 2.20. The van der Waals surface area contributed by atoms with Crippen molar-refractivity contribution in [2.24, 2.45) is 0 Å². The number of anilines is 1. The normalized spacial score (nSPS) is 13.7. The Hall–Kier alpha value is -3.15. The van der Waals surface area contributed by atoms with Crippen molar-refractivity contribution in [1.29, 1.82) is 0 Å². The number of hydrogen-bond acceptors (Lipinski definition) is 3. The first-order chi connectivity index (χ1) is 12.8. The lowest BCUT2D eigenvalue weighted by molar-refractivity contribution is -0.128. The molecule has 1 aliphatic rings. The average molecular weight is 366 g/mol. The minimum Gasteiger partial charge on any atom is -0.478 e. The fraction of sp³-hybridized carbons (Fsp3) is 0.286. The number of rotatable bonds is 5. The van der Waals surface area contributed by atoms with Crippen molar-refractivity contribution >= 4 is 23.5 Å². The van der Waals surface area contributed by atoms with Crippen molar-refractivity contribution in [3.63, 3.8) is 0 Å². The van der Waals surface area contributed by atoms with Gasteiger partial charge in [0, 0.05) is 30.8 Å². The van der Waals surface area contributed by atoms with Crippen molar-refractivity contribution in [2.45, 2.75) is 33.2 Å². The number of carbonyl (C=O) groups is 3. The number of carboxylic acid groups (broad SMARTS) is 1. The average Bonchev–Trinajstić information content (AvgIpc) is 3.02. The molecule has 0 aliphatic carbocycles. The Balaban J connectivity index is 1.72. The minimum absolute atomic E-state index is 0.168. The third-order valence-corrected chi connectivity index (χ3v) is 4.81. The summed E-state index contributed by atoms with van der Waals surface area (Å²) in [4.78, 5) is 37.3. The molecule has 0 atom stereocenters. The second-order valence-corrected chi connectivity index (χ2v) is 6.86. The summed E-state index contributed by atoms with van der Waals surface area (Å²) < 4.78 is 0. The first-order valence-electron chi connectivity index (χ1n) is 8.88. The monoisotopic (exact) mass is 366 g/mol. The van der Waals surface area contributed by atoms with Crippen molar-refractivity contribution in [2.75, 3.05) is 11.9 Å². The van der Waals surface area contributed by atoms with E-state index >= 15 is 0 Å². The van der Waals surface area contributed by atoms with E-state index in [1.807, 2.05) is 24.0 Å². The van der Waals surface area contributed by atoms with Gasteiger partial charge in [-0.25, -0.2) is 4.79 Å². The Bertz CT molecular complexity index is 903. The molecular weight excluding hydrogens is 344 g/mol. The zero-order valence-electron chi connectivity index (χ0n) is 15.4. The fourth-order valence-electron chi connectivity index (χ4n) is 3.26.